The largest absolute Gasteiger partial charge is 0.320 e. The van der Waals surface area contributed by atoms with Gasteiger partial charge in [0, 0.05) is 0 Å². The van der Waals surface area contributed by atoms with E-state index in [1.54, 1.807) is 0 Å². The van der Waals surface area contributed by atoms with Gasteiger partial charge in [-0.2, -0.15) is 0 Å². The molecule has 1 saturated heterocycles. The minimum absolute atomic E-state index is 0.0945. The number of hydrogen-bond acceptors (Lipinski definition) is 2. The molecule has 0 aromatic heterocycles. The van der Waals surface area contributed by atoms with E-state index in [0.29, 0.717) is 6.42 Å². The highest BCUT2D eigenvalue weighted by atomic mass is 35.5. The molecule has 3 rings (SSSR count). The standard InChI is InChI=1S/C13H11Cl2F2NOS/c14-6-4-7(15)12(6)18-10(19)5-20-13(18)11-8(16)2-1-3-9(11)17/h1-3,6-7,12-13H,4-5H2. The second-order valence-electron chi connectivity index (χ2n) is 4.86. The van der Waals surface area contributed by atoms with Gasteiger partial charge in [0.1, 0.15) is 17.0 Å². The van der Waals surface area contributed by atoms with Gasteiger partial charge in [0.25, 0.3) is 0 Å². The Morgan fingerprint density at radius 1 is 1.20 bits per heavy atom. The van der Waals surface area contributed by atoms with Gasteiger partial charge in [-0.25, -0.2) is 8.78 Å². The Morgan fingerprint density at radius 3 is 2.35 bits per heavy atom. The fourth-order valence-corrected chi connectivity index (χ4v) is 5.00. The zero-order chi connectivity index (χ0) is 14.4. The summed E-state index contributed by atoms with van der Waals surface area (Å²) in [5, 5.41) is -1.23. The molecule has 0 N–H and O–H groups in total. The van der Waals surface area contributed by atoms with Crippen molar-refractivity contribution in [2.24, 2.45) is 0 Å². The summed E-state index contributed by atoms with van der Waals surface area (Å²) in [5.74, 6) is -1.30. The SMILES string of the molecule is O=C1CSC(c2c(F)cccc2F)N1C1C(Cl)CC1Cl. The second-order valence-corrected chi connectivity index (χ2v) is 7.05. The number of hydrogen-bond donors (Lipinski definition) is 0. The van der Waals surface area contributed by atoms with E-state index in [1.165, 1.54) is 34.9 Å². The van der Waals surface area contributed by atoms with Crippen LogP contribution in [0.3, 0.4) is 0 Å². The first-order valence-corrected chi connectivity index (χ1v) is 8.07. The lowest BCUT2D eigenvalue weighted by Crippen LogP contribution is -2.57. The average Bonchev–Trinajstić information content (AvgIpc) is 2.72. The first-order valence-electron chi connectivity index (χ1n) is 6.15. The Balaban J connectivity index is 1.98. The van der Waals surface area contributed by atoms with Crippen LogP contribution in [-0.4, -0.2) is 33.4 Å². The average molecular weight is 338 g/mol. The summed E-state index contributed by atoms with van der Waals surface area (Å²) in [6.45, 7) is 0. The highest BCUT2D eigenvalue weighted by molar-refractivity contribution is 8.00. The Hall–Kier alpha value is -0.520. The van der Waals surface area contributed by atoms with Crippen LogP contribution in [0.5, 0.6) is 0 Å². The molecule has 0 bridgehead atoms. The highest BCUT2D eigenvalue weighted by Crippen LogP contribution is 2.47. The minimum Gasteiger partial charge on any atom is -0.320 e. The van der Waals surface area contributed by atoms with Crippen LogP contribution in [0.25, 0.3) is 0 Å². The molecule has 1 heterocycles. The fourth-order valence-electron chi connectivity index (χ4n) is 2.60. The molecular weight excluding hydrogens is 327 g/mol. The third kappa shape index (κ3) is 2.20. The number of alkyl halides is 2. The monoisotopic (exact) mass is 337 g/mol. The van der Waals surface area contributed by atoms with Crippen LogP contribution in [0.1, 0.15) is 17.4 Å². The Kier molecular flexibility index (Phi) is 3.86. The third-order valence-corrected chi connectivity index (χ3v) is 5.73. The third-order valence-electron chi connectivity index (χ3n) is 3.66. The summed E-state index contributed by atoms with van der Waals surface area (Å²) in [4.78, 5) is 13.5. The van der Waals surface area contributed by atoms with Crippen LogP contribution in [-0.2, 0) is 4.79 Å². The number of amides is 1. The Labute approximate surface area is 129 Å². The summed E-state index contributed by atoms with van der Waals surface area (Å²) in [6, 6.07) is 3.32. The second kappa shape index (κ2) is 5.35. The summed E-state index contributed by atoms with van der Waals surface area (Å²) in [5.41, 5.74) is -0.0945. The van der Waals surface area contributed by atoms with E-state index in [2.05, 4.69) is 0 Å². The maximum Gasteiger partial charge on any atom is 0.234 e. The maximum absolute atomic E-state index is 13.9. The van der Waals surface area contributed by atoms with Gasteiger partial charge in [0.15, 0.2) is 0 Å². The molecule has 1 aromatic carbocycles. The summed E-state index contributed by atoms with van der Waals surface area (Å²) in [7, 11) is 0. The van der Waals surface area contributed by atoms with Crippen molar-refractivity contribution in [3.05, 3.63) is 35.4 Å². The van der Waals surface area contributed by atoms with E-state index in [0.717, 1.165) is 0 Å². The quantitative estimate of drug-likeness (QED) is 0.769. The molecule has 1 aliphatic heterocycles. The number of thioether (sulfide) groups is 1. The van der Waals surface area contributed by atoms with Gasteiger partial charge in [0.2, 0.25) is 5.91 Å². The lowest BCUT2D eigenvalue weighted by molar-refractivity contribution is -0.131. The topological polar surface area (TPSA) is 20.3 Å². The molecular formula is C13H11Cl2F2NOS. The van der Waals surface area contributed by atoms with Gasteiger partial charge in [-0.1, -0.05) is 6.07 Å². The van der Waals surface area contributed by atoms with Gasteiger partial charge in [-0.15, -0.1) is 35.0 Å². The van der Waals surface area contributed by atoms with Gasteiger partial charge in [-0.3, -0.25) is 4.79 Å². The maximum atomic E-state index is 13.9. The number of benzene rings is 1. The molecule has 20 heavy (non-hydrogen) atoms. The summed E-state index contributed by atoms with van der Waals surface area (Å²) in [6.07, 6.45) is 0.592. The van der Waals surface area contributed by atoms with Crippen molar-refractivity contribution < 1.29 is 13.6 Å². The number of nitrogens with zero attached hydrogens (tertiary/aromatic N) is 1. The summed E-state index contributed by atoms with van der Waals surface area (Å²) >= 11 is 13.4. The fraction of sp³-hybridized carbons (Fsp3) is 0.462. The number of carbonyl (C=O) groups is 1. The zero-order valence-electron chi connectivity index (χ0n) is 10.2. The van der Waals surface area contributed by atoms with Crippen LogP contribution in [0.4, 0.5) is 8.78 Å². The lowest BCUT2D eigenvalue weighted by Gasteiger charge is -2.45. The Morgan fingerprint density at radius 2 is 1.80 bits per heavy atom. The molecule has 3 unspecified atom stereocenters. The van der Waals surface area contributed by atoms with E-state index in [4.69, 9.17) is 23.2 Å². The molecule has 2 aliphatic rings. The first-order chi connectivity index (χ1) is 9.50. The van der Waals surface area contributed by atoms with Crippen LogP contribution in [0.15, 0.2) is 18.2 Å². The van der Waals surface area contributed by atoms with Crippen molar-refractivity contribution in [1.29, 1.82) is 0 Å². The number of halogens is 4. The van der Waals surface area contributed by atoms with Crippen molar-refractivity contribution in [2.45, 2.75) is 28.6 Å². The van der Waals surface area contributed by atoms with Crippen molar-refractivity contribution in [3.63, 3.8) is 0 Å². The van der Waals surface area contributed by atoms with Crippen LogP contribution in [0, 0.1) is 11.6 Å². The smallest absolute Gasteiger partial charge is 0.234 e. The molecule has 7 heteroatoms. The van der Waals surface area contributed by atoms with Gasteiger partial charge < -0.3 is 4.90 Å². The molecule has 0 spiro atoms. The normalized spacial score (nSPS) is 33.4. The summed E-state index contributed by atoms with van der Waals surface area (Å²) < 4.78 is 27.9. The molecule has 1 saturated carbocycles. The predicted octanol–water partition coefficient (Wildman–Crippen LogP) is 3.53. The van der Waals surface area contributed by atoms with E-state index in [-0.39, 0.29) is 34.0 Å². The van der Waals surface area contributed by atoms with E-state index in [9.17, 15) is 13.6 Å². The lowest BCUT2D eigenvalue weighted by atomic mass is 9.89. The number of carbonyl (C=O) groups excluding carboxylic acids is 1. The van der Waals surface area contributed by atoms with Gasteiger partial charge in [-0.05, 0) is 18.6 Å². The van der Waals surface area contributed by atoms with E-state index < -0.39 is 17.0 Å². The molecule has 1 aliphatic carbocycles. The molecule has 1 aromatic rings. The molecule has 108 valence electrons. The van der Waals surface area contributed by atoms with Crippen LogP contribution in [0.2, 0.25) is 0 Å². The van der Waals surface area contributed by atoms with Crippen molar-refractivity contribution in [2.75, 3.05) is 5.75 Å². The number of rotatable bonds is 2. The van der Waals surface area contributed by atoms with Crippen molar-refractivity contribution >= 4 is 40.9 Å². The van der Waals surface area contributed by atoms with Crippen molar-refractivity contribution in [3.8, 4) is 0 Å². The Bertz CT molecular complexity index is 531. The first kappa shape index (κ1) is 14.4. The molecule has 1 amide bonds. The van der Waals surface area contributed by atoms with Crippen LogP contribution < -0.4 is 0 Å². The van der Waals surface area contributed by atoms with Crippen molar-refractivity contribution in [1.82, 2.24) is 4.90 Å². The molecule has 2 nitrogen and oxygen atoms in total. The van der Waals surface area contributed by atoms with Gasteiger partial charge in [0.05, 0.1) is 28.1 Å². The van der Waals surface area contributed by atoms with Crippen LogP contribution >= 0.6 is 35.0 Å². The molecule has 0 radical (unpaired) electrons. The van der Waals surface area contributed by atoms with E-state index >= 15 is 0 Å². The minimum atomic E-state index is -0.698. The molecule has 2 fully saturated rings. The predicted molar refractivity (Wildman–Crippen MR) is 76.1 cm³/mol. The highest BCUT2D eigenvalue weighted by Gasteiger charge is 2.50. The van der Waals surface area contributed by atoms with E-state index in [1.807, 2.05) is 0 Å². The van der Waals surface area contributed by atoms with Gasteiger partial charge >= 0.3 is 0 Å². The molecule has 3 atom stereocenters. The zero-order valence-corrected chi connectivity index (χ0v) is 12.6.